The molecule has 2 rings (SSSR count). The SMILES string of the molecule is CCOCCCN(C)CCC1COC2(CCCC(C(C)C)CC2)O1. The Kier molecular flexibility index (Phi) is 8.48. The maximum Gasteiger partial charge on any atom is 0.168 e. The maximum absolute atomic E-state index is 6.42. The minimum Gasteiger partial charge on any atom is -0.382 e. The third-order valence-corrected chi connectivity index (χ3v) is 5.75. The van der Waals surface area contributed by atoms with Crippen LogP contribution in [0.5, 0.6) is 0 Å². The Hall–Kier alpha value is -0.160. The molecule has 1 heterocycles. The van der Waals surface area contributed by atoms with Gasteiger partial charge in [0.05, 0.1) is 12.7 Å². The third-order valence-electron chi connectivity index (χ3n) is 5.75. The van der Waals surface area contributed by atoms with Crippen LogP contribution in [-0.4, -0.2) is 56.7 Å². The van der Waals surface area contributed by atoms with Gasteiger partial charge >= 0.3 is 0 Å². The topological polar surface area (TPSA) is 30.9 Å². The molecule has 3 atom stereocenters. The molecular weight excluding hydrogens is 302 g/mol. The third kappa shape index (κ3) is 6.29. The van der Waals surface area contributed by atoms with Crippen LogP contribution in [0.15, 0.2) is 0 Å². The average molecular weight is 342 g/mol. The van der Waals surface area contributed by atoms with E-state index in [1.54, 1.807) is 0 Å². The molecule has 142 valence electrons. The molecule has 1 saturated carbocycles. The highest BCUT2D eigenvalue weighted by Gasteiger charge is 2.42. The van der Waals surface area contributed by atoms with E-state index in [2.05, 4.69) is 25.8 Å². The lowest BCUT2D eigenvalue weighted by atomic mass is 9.89. The standard InChI is InChI=1S/C20H39NO3/c1-5-22-15-7-13-21(4)14-10-19-16-23-20(24-19)11-6-8-18(9-12-20)17(2)3/h17-19H,5-16H2,1-4H3. The molecule has 0 amide bonds. The first-order valence-corrected chi connectivity index (χ1v) is 10.1. The highest BCUT2D eigenvalue weighted by molar-refractivity contribution is 4.84. The van der Waals surface area contributed by atoms with Gasteiger partial charge in [0.1, 0.15) is 0 Å². The molecule has 0 aromatic heterocycles. The molecule has 3 unspecified atom stereocenters. The highest BCUT2D eigenvalue weighted by atomic mass is 16.7. The summed E-state index contributed by atoms with van der Waals surface area (Å²) in [7, 11) is 2.19. The zero-order valence-corrected chi connectivity index (χ0v) is 16.4. The molecule has 0 aromatic carbocycles. The Labute approximate surface area is 149 Å². The van der Waals surface area contributed by atoms with E-state index in [9.17, 15) is 0 Å². The minimum atomic E-state index is -0.262. The van der Waals surface area contributed by atoms with Gasteiger partial charge in [-0.2, -0.15) is 0 Å². The molecule has 24 heavy (non-hydrogen) atoms. The van der Waals surface area contributed by atoms with Gasteiger partial charge < -0.3 is 19.1 Å². The Bertz CT molecular complexity index is 350. The molecule has 1 saturated heterocycles. The van der Waals surface area contributed by atoms with E-state index in [0.717, 1.165) is 70.4 Å². The van der Waals surface area contributed by atoms with Crippen LogP contribution < -0.4 is 0 Å². The molecular formula is C20H39NO3. The highest BCUT2D eigenvalue weighted by Crippen LogP contribution is 2.40. The lowest BCUT2D eigenvalue weighted by Crippen LogP contribution is -2.31. The fourth-order valence-corrected chi connectivity index (χ4v) is 4.05. The summed E-state index contributed by atoms with van der Waals surface area (Å²) < 4.78 is 18.0. The van der Waals surface area contributed by atoms with E-state index < -0.39 is 0 Å². The van der Waals surface area contributed by atoms with Gasteiger partial charge in [-0.3, -0.25) is 0 Å². The predicted octanol–water partition coefficient (Wildman–Crippen LogP) is 4.08. The first kappa shape index (κ1) is 20.2. The molecule has 0 N–H and O–H groups in total. The lowest BCUT2D eigenvalue weighted by Gasteiger charge is -2.27. The van der Waals surface area contributed by atoms with E-state index in [0.29, 0.717) is 0 Å². The summed E-state index contributed by atoms with van der Waals surface area (Å²) in [5, 5.41) is 0. The maximum atomic E-state index is 6.42. The van der Waals surface area contributed by atoms with Gasteiger partial charge in [-0.05, 0) is 51.5 Å². The second-order valence-electron chi connectivity index (χ2n) is 8.04. The van der Waals surface area contributed by atoms with Gasteiger partial charge in [-0.15, -0.1) is 0 Å². The van der Waals surface area contributed by atoms with E-state index in [1.807, 2.05) is 6.92 Å². The first-order valence-electron chi connectivity index (χ1n) is 10.1. The van der Waals surface area contributed by atoms with Crippen molar-refractivity contribution in [2.45, 2.75) is 77.6 Å². The monoisotopic (exact) mass is 341 g/mol. The van der Waals surface area contributed by atoms with Crippen LogP contribution in [0.25, 0.3) is 0 Å². The van der Waals surface area contributed by atoms with Crippen LogP contribution in [0.3, 0.4) is 0 Å². The molecule has 4 heteroatoms. The van der Waals surface area contributed by atoms with Gasteiger partial charge in [-0.25, -0.2) is 0 Å². The zero-order chi connectivity index (χ0) is 17.4. The minimum absolute atomic E-state index is 0.262. The fourth-order valence-electron chi connectivity index (χ4n) is 4.05. The predicted molar refractivity (Wildman–Crippen MR) is 98.2 cm³/mol. The molecule has 4 nitrogen and oxygen atoms in total. The molecule has 0 radical (unpaired) electrons. The number of hydrogen-bond acceptors (Lipinski definition) is 4. The van der Waals surface area contributed by atoms with Crippen LogP contribution >= 0.6 is 0 Å². The Morgan fingerprint density at radius 3 is 2.79 bits per heavy atom. The Morgan fingerprint density at radius 2 is 2.04 bits per heavy atom. The molecule has 2 fully saturated rings. The molecule has 1 spiro atoms. The van der Waals surface area contributed by atoms with Crippen LogP contribution in [0.2, 0.25) is 0 Å². The molecule has 0 aromatic rings. The normalized spacial score (nSPS) is 31.2. The zero-order valence-electron chi connectivity index (χ0n) is 16.4. The van der Waals surface area contributed by atoms with E-state index >= 15 is 0 Å². The van der Waals surface area contributed by atoms with E-state index in [-0.39, 0.29) is 11.9 Å². The Balaban J connectivity index is 1.67. The second-order valence-corrected chi connectivity index (χ2v) is 8.04. The smallest absolute Gasteiger partial charge is 0.168 e. The number of ether oxygens (including phenoxy) is 3. The van der Waals surface area contributed by atoms with E-state index in [4.69, 9.17) is 14.2 Å². The molecule has 2 aliphatic rings. The summed E-state index contributed by atoms with van der Waals surface area (Å²) in [4.78, 5) is 2.38. The van der Waals surface area contributed by atoms with Crippen LogP contribution in [-0.2, 0) is 14.2 Å². The van der Waals surface area contributed by atoms with Crippen LogP contribution in [0.4, 0.5) is 0 Å². The summed E-state index contributed by atoms with van der Waals surface area (Å²) in [5.41, 5.74) is 0. The van der Waals surface area contributed by atoms with Crippen molar-refractivity contribution in [2.24, 2.45) is 11.8 Å². The van der Waals surface area contributed by atoms with Crippen LogP contribution in [0, 0.1) is 11.8 Å². The van der Waals surface area contributed by atoms with Crippen molar-refractivity contribution in [3.8, 4) is 0 Å². The van der Waals surface area contributed by atoms with Gasteiger partial charge in [-0.1, -0.05) is 20.3 Å². The van der Waals surface area contributed by atoms with Crippen molar-refractivity contribution in [1.82, 2.24) is 4.90 Å². The summed E-state index contributed by atoms with van der Waals surface area (Å²) in [6, 6.07) is 0. The summed E-state index contributed by atoms with van der Waals surface area (Å²) in [6.07, 6.45) is 8.43. The second kappa shape index (κ2) is 10.1. The van der Waals surface area contributed by atoms with Crippen molar-refractivity contribution < 1.29 is 14.2 Å². The number of rotatable bonds is 9. The van der Waals surface area contributed by atoms with Gasteiger partial charge in [0.2, 0.25) is 0 Å². The molecule has 1 aliphatic heterocycles. The van der Waals surface area contributed by atoms with Gasteiger partial charge in [0, 0.05) is 39.1 Å². The number of nitrogens with zero attached hydrogens (tertiary/aromatic N) is 1. The molecule has 0 bridgehead atoms. The van der Waals surface area contributed by atoms with Crippen LogP contribution in [0.1, 0.15) is 65.7 Å². The van der Waals surface area contributed by atoms with Crippen molar-refractivity contribution in [1.29, 1.82) is 0 Å². The number of hydrogen-bond donors (Lipinski definition) is 0. The first-order chi connectivity index (χ1) is 11.5. The van der Waals surface area contributed by atoms with Gasteiger partial charge in [0.15, 0.2) is 5.79 Å². The van der Waals surface area contributed by atoms with Crippen molar-refractivity contribution in [3.63, 3.8) is 0 Å². The quantitative estimate of drug-likeness (QED) is 0.591. The summed E-state index contributed by atoms with van der Waals surface area (Å²) >= 11 is 0. The molecule has 1 aliphatic carbocycles. The summed E-state index contributed by atoms with van der Waals surface area (Å²) in [6.45, 7) is 11.4. The largest absolute Gasteiger partial charge is 0.382 e. The van der Waals surface area contributed by atoms with Gasteiger partial charge in [0.25, 0.3) is 0 Å². The fraction of sp³-hybridized carbons (Fsp3) is 1.00. The summed E-state index contributed by atoms with van der Waals surface area (Å²) in [5.74, 6) is 1.36. The average Bonchev–Trinajstić information content (AvgIpc) is 2.83. The lowest BCUT2D eigenvalue weighted by molar-refractivity contribution is -0.177. The van der Waals surface area contributed by atoms with Crippen molar-refractivity contribution in [3.05, 3.63) is 0 Å². The van der Waals surface area contributed by atoms with Crippen molar-refractivity contribution in [2.75, 3.05) is 40.0 Å². The van der Waals surface area contributed by atoms with Crippen molar-refractivity contribution >= 4 is 0 Å². The Morgan fingerprint density at radius 1 is 1.21 bits per heavy atom. The van der Waals surface area contributed by atoms with E-state index in [1.165, 1.54) is 19.3 Å².